The molecule has 0 saturated heterocycles. The van der Waals surface area contributed by atoms with Crippen LogP contribution in [0.3, 0.4) is 0 Å². The number of hydrogen-bond donors (Lipinski definition) is 1. The maximum atomic E-state index is 13.2. The van der Waals surface area contributed by atoms with Crippen LogP contribution in [0, 0.1) is 6.92 Å². The largest absolute Gasteiger partial charge is 0.312 e. The van der Waals surface area contributed by atoms with E-state index in [9.17, 15) is 4.79 Å². The fraction of sp³-hybridized carbons (Fsp3) is 0.316. The Morgan fingerprint density at radius 1 is 1.14 bits per heavy atom. The van der Waals surface area contributed by atoms with Crippen molar-refractivity contribution in [2.75, 3.05) is 18.0 Å². The van der Waals surface area contributed by atoms with E-state index in [-0.39, 0.29) is 11.8 Å². The third-order valence-corrected chi connectivity index (χ3v) is 4.88. The second-order valence-corrected chi connectivity index (χ2v) is 6.20. The van der Waals surface area contributed by atoms with Gasteiger partial charge in [0.25, 0.3) is 0 Å². The monoisotopic (exact) mass is 292 g/mol. The van der Waals surface area contributed by atoms with Crippen LogP contribution in [0.15, 0.2) is 42.5 Å². The van der Waals surface area contributed by atoms with Crippen molar-refractivity contribution in [1.29, 1.82) is 0 Å². The number of carbonyl (C=O) groups is 1. The maximum absolute atomic E-state index is 13.2. The third kappa shape index (κ3) is 2.04. The van der Waals surface area contributed by atoms with E-state index in [0.29, 0.717) is 0 Å². The smallest absolute Gasteiger partial charge is 0.235 e. The lowest BCUT2D eigenvalue weighted by Crippen LogP contribution is -2.41. The van der Waals surface area contributed by atoms with Gasteiger partial charge in [0.05, 0.1) is 5.92 Å². The molecule has 1 N–H and O–H groups in total. The molecular weight excluding hydrogens is 272 g/mol. The summed E-state index contributed by atoms with van der Waals surface area (Å²) in [5, 5.41) is 3.40. The van der Waals surface area contributed by atoms with Crippen LogP contribution in [0.2, 0.25) is 0 Å². The molecule has 1 amide bonds. The predicted molar refractivity (Wildman–Crippen MR) is 88.1 cm³/mol. The molecule has 0 fully saturated rings. The zero-order valence-electron chi connectivity index (χ0n) is 12.8. The molecule has 22 heavy (non-hydrogen) atoms. The number of aryl methyl sites for hydroxylation is 1. The first-order valence-electron chi connectivity index (χ1n) is 7.94. The van der Waals surface area contributed by atoms with E-state index in [1.165, 1.54) is 22.3 Å². The summed E-state index contributed by atoms with van der Waals surface area (Å²) >= 11 is 0. The summed E-state index contributed by atoms with van der Waals surface area (Å²) in [6.45, 7) is 4.50. The number of anilines is 1. The van der Waals surface area contributed by atoms with Crippen LogP contribution >= 0.6 is 0 Å². The molecule has 3 nitrogen and oxygen atoms in total. The molecule has 2 aliphatic heterocycles. The molecule has 0 aromatic heterocycles. The van der Waals surface area contributed by atoms with Crippen molar-refractivity contribution in [3.05, 3.63) is 64.7 Å². The molecule has 0 radical (unpaired) electrons. The van der Waals surface area contributed by atoms with E-state index < -0.39 is 0 Å². The van der Waals surface area contributed by atoms with Crippen LogP contribution in [-0.2, 0) is 17.8 Å². The van der Waals surface area contributed by atoms with Gasteiger partial charge < -0.3 is 10.2 Å². The van der Waals surface area contributed by atoms with Gasteiger partial charge in [0, 0.05) is 25.3 Å². The van der Waals surface area contributed by atoms with Crippen molar-refractivity contribution in [2.45, 2.75) is 25.8 Å². The summed E-state index contributed by atoms with van der Waals surface area (Å²) in [7, 11) is 0. The summed E-state index contributed by atoms with van der Waals surface area (Å²) in [5.41, 5.74) is 6.09. The molecule has 2 heterocycles. The normalized spacial score (nSPS) is 19.7. The predicted octanol–water partition coefficient (Wildman–Crippen LogP) is 2.77. The van der Waals surface area contributed by atoms with Crippen LogP contribution in [0.25, 0.3) is 0 Å². The van der Waals surface area contributed by atoms with Crippen molar-refractivity contribution in [3.63, 3.8) is 0 Å². The molecule has 1 atom stereocenters. The molecule has 0 spiro atoms. The number of hydrogen-bond acceptors (Lipinski definition) is 2. The van der Waals surface area contributed by atoms with E-state index in [0.717, 1.165) is 31.7 Å². The number of carbonyl (C=O) groups excluding carboxylic acids is 1. The van der Waals surface area contributed by atoms with E-state index in [4.69, 9.17) is 0 Å². The van der Waals surface area contributed by atoms with Crippen molar-refractivity contribution in [1.82, 2.24) is 5.32 Å². The topological polar surface area (TPSA) is 32.3 Å². The highest BCUT2D eigenvalue weighted by Crippen LogP contribution is 2.34. The molecule has 0 saturated carbocycles. The Kier molecular flexibility index (Phi) is 3.23. The highest BCUT2D eigenvalue weighted by atomic mass is 16.2. The van der Waals surface area contributed by atoms with Gasteiger partial charge in [-0.3, -0.25) is 4.79 Å². The van der Waals surface area contributed by atoms with Gasteiger partial charge in [0.1, 0.15) is 0 Å². The minimum atomic E-state index is -0.0730. The first-order chi connectivity index (χ1) is 10.8. The zero-order valence-corrected chi connectivity index (χ0v) is 12.8. The molecule has 0 bridgehead atoms. The van der Waals surface area contributed by atoms with Crippen LogP contribution in [0.4, 0.5) is 5.69 Å². The molecule has 3 heteroatoms. The molecule has 1 unspecified atom stereocenters. The Bertz CT molecular complexity index is 738. The van der Waals surface area contributed by atoms with Crippen molar-refractivity contribution in [3.8, 4) is 0 Å². The molecule has 2 aromatic rings. The fourth-order valence-corrected chi connectivity index (χ4v) is 3.81. The number of para-hydroxylation sites is 1. The summed E-state index contributed by atoms with van der Waals surface area (Å²) in [4.78, 5) is 15.1. The second-order valence-electron chi connectivity index (χ2n) is 6.20. The van der Waals surface area contributed by atoms with E-state index >= 15 is 0 Å². The molecule has 2 aromatic carbocycles. The first-order valence-corrected chi connectivity index (χ1v) is 7.94. The average Bonchev–Trinajstić information content (AvgIpc) is 2.98. The number of rotatable bonds is 1. The lowest BCUT2D eigenvalue weighted by Gasteiger charge is -2.30. The van der Waals surface area contributed by atoms with Gasteiger partial charge in [-0.1, -0.05) is 36.4 Å². The Hall–Kier alpha value is -2.13. The number of fused-ring (bicyclic) bond motifs is 2. The van der Waals surface area contributed by atoms with Crippen LogP contribution < -0.4 is 10.2 Å². The Labute approximate surface area is 131 Å². The van der Waals surface area contributed by atoms with Crippen LogP contribution in [0.5, 0.6) is 0 Å². The van der Waals surface area contributed by atoms with E-state index in [2.05, 4.69) is 48.6 Å². The molecule has 4 rings (SSSR count). The fourth-order valence-electron chi connectivity index (χ4n) is 3.81. The SMILES string of the molecule is Cc1cccc2c1C(C(=O)N1CCc3ccccc31)CNC2. The van der Waals surface area contributed by atoms with Gasteiger partial charge in [-0.15, -0.1) is 0 Å². The van der Waals surface area contributed by atoms with Gasteiger partial charge in [-0.25, -0.2) is 0 Å². The highest BCUT2D eigenvalue weighted by molar-refractivity contribution is 6.00. The minimum absolute atomic E-state index is 0.0730. The van der Waals surface area contributed by atoms with Gasteiger partial charge in [-0.05, 0) is 41.7 Å². The number of nitrogens with zero attached hydrogens (tertiary/aromatic N) is 1. The van der Waals surface area contributed by atoms with E-state index in [1.54, 1.807) is 0 Å². The van der Waals surface area contributed by atoms with Gasteiger partial charge in [0.15, 0.2) is 0 Å². The summed E-state index contributed by atoms with van der Waals surface area (Å²) in [5.74, 6) is 0.156. The van der Waals surface area contributed by atoms with Gasteiger partial charge >= 0.3 is 0 Å². The molecule has 2 aliphatic rings. The Morgan fingerprint density at radius 2 is 1.95 bits per heavy atom. The molecule has 112 valence electrons. The standard InChI is InChI=1S/C19H20N2O/c1-13-5-4-7-15-11-20-12-16(18(13)15)19(22)21-10-9-14-6-2-3-8-17(14)21/h2-8,16,20H,9-12H2,1H3. The lowest BCUT2D eigenvalue weighted by molar-refractivity contribution is -0.120. The summed E-state index contributed by atoms with van der Waals surface area (Å²) < 4.78 is 0. The third-order valence-electron chi connectivity index (χ3n) is 4.88. The van der Waals surface area contributed by atoms with Crippen molar-refractivity contribution in [2.24, 2.45) is 0 Å². The number of benzene rings is 2. The maximum Gasteiger partial charge on any atom is 0.235 e. The van der Waals surface area contributed by atoms with Gasteiger partial charge in [-0.2, -0.15) is 0 Å². The van der Waals surface area contributed by atoms with Crippen LogP contribution in [0.1, 0.15) is 28.2 Å². The highest BCUT2D eigenvalue weighted by Gasteiger charge is 2.34. The number of nitrogens with one attached hydrogen (secondary N) is 1. The van der Waals surface area contributed by atoms with Crippen molar-refractivity contribution < 1.29 is 4.79 Å². The molecular formula is C19H20N2O. The van der Waals surface area contributed by atoms with Crippen LogP contribution in [-0.4, -0.2) is 19.0 Å². The first kappa shape index (κ1) is 13.5. The van der Waals surface area contributed by atoms with Gasteiger partial charge in [0.2, 0.25) is 5.91 Å². The Balaban J connectivity index is 1.71. The Morgan fingerprint density at radius 3 is 2.86 bits per heavy atom. The second kappa shape index (κ2) is 5.25. The lowest BCUT2D eigenvalue weighted by atomic mass is 9.86. The quantitative estimate of drug-likeness (QED) is 0.876. The summed E-state index contributed by atoms with van der Waals surface area (Å²) in [6, 6.07) is 14.6. The number of amides is 1. The minimum Gasteiger partial charge on any atom is -0.312 e. The average molecular weight is 292 g/mol. The molecule has 0 aliphatic carbocycles. The van der Waals surface area contributed by atoms with Crippen molar-refractivity contribution >= 4 is 11.6 Å². The van der Waals surface area contributed by atoms with E-state index in [1.807, 2.05) is 11.0 Å². The summed E-state index contributed by atoms with van der Waals surface area (Å²) in [6.07, 6.45) is 0.961. The zero-order chi connectivity index (χ0) is 15.1.